The van der Waals surface area contributed by atoms with Crippen molar-refractivity contribution < 1.29 is 22.7 Å². The smallest absolute Gasteiger partial charge is 0.338 e. The first-order chi connectivity index (χ1) is 10.4. The summed E-state index contributed by atoms with van der Waals surface area (Å²) in [4.78, 5) is 22.8. The standard InChI is InChI=1S/C14H18N2O5S/c1-3-9-15-13(17)10-16-22(19,20)12-7-5-11(6-8-12)14(18)21-4-2/h3,5-8,16H,1,4,9-10H2,2H3,(H,15,17). The number of ether oxygens (including phenoxy) is 1. The van der Waals surface area contributed by atoms with Gasteiger partial charge in [-0.05, 0) is 31.2 Å². The highest BCUT2D eigenvalue weighted by atomic mass is 32.2. The SMILES string of the molecule is C=CCNC(=O)CNS(=O)(=O)c1ccc(C(=O)OCC)cc1. The van der Waals surface area contributed by atoms with E-state index in [1.54, 1.807) is 6.92 Å². The Kier molecular flexibility index (Phi) is 6.74. The molecule has 0 saturated carbocycles. The Balaban J connectivity index is 2.71. The molecule has 1 rings (SSSR count). The van der Waals surface area contributed by atoms with E-state index < -0.39 is 21.9 Å². The summed E-state index contributed by atoms with van der Waals surface area (Å²) in [5.41, 5.74) is 0.254. The highest BCUT2D eigenvalue weighted by Gasteiger charge is 2.16. The van der Waals surface area contributed by atoms with Gasteiger partial charge in [-0.3, -0.25) is 4.79 Å². The number of hydrogen-bond donors (Lipinski definition) is 2. The molecule has 0 atom stereocenters. The van der Waals surface area contributed by atoms with Crippen LogP contribution in [0.1, 0.15) is 17.3 Å². The zero-order chi connectivity index (χ0) is 16.6. The number of sulfonamides is 1. The van der Waals surface area contributed by atoms with E-state index >= 15 is 0 Å². The lowest BCUT2D eigenvalue weighted by atomic mass is 10.2. The van der Waals surface area contributed by atoms with E-state index in [2.05, 4.69) is 16.6 Å². The number of carbonyl (C=O) groups excluding carboxylic acids is 2. The van der Waals surface area contributed by atoms with Gasteiger partial charge in [-0.1, -0.05) is 6.08 Å². The number of benzene rings is 1. The molecule has 0 saturated heterocycles. The van der Waals surface area contributed by atoms with Crippen molar-refractivity contribution in [1.29, 1.82) is 0 Å². The van der Waals surface area contributed by atoms with E-state index in [1.807, 2.05) is 0 Å². The van der Waals surface area contributed by atoms with Gasteiger partial charge in [0, 0.05) is 6.54 Å². The molecule has 22 heavy (non-hydrogen) atoms. The van der Waals surface area contributed by atoms with E-state index in [9.17, 15) is 18.0 Å². The van der Waals surface area contributed by atoms with E-state index in [4.69, 9.17) is 4.74 Å². The normalized spacial score (nSPS) is 10.8. The topological polar surface area (TPSA) is 102 Å². The zero-order valence-corrected chi connectivity index (χ0v) is 13.0. The second-order valence-electron chi connectivity index (χ2n) is 4.16. The van der Waals surface area contributed by atoms with Gasteiger partial charge in [0.05, 0.1) is 23.6 Å². The Labute approximate surface area is 129 Å². The van der Waals surface area contributed by atoms with Gasteiger partial charge in [-0.2, -0.15) is 0 Å². The van der Waals surface area contributed by atoms with Gasteiger partial charge in [0.2, 0.25) is 15.9 Å². The van der Waals surface area contributed by atoms with Crippen LogP contribution in [0, 0.1) is 0 Å². The van der Waals surface area contributed by atoms with Crippen molar-refractivity contribution in [3.8, 4) is 0 Å². The summed E-state index contributed by atoms with van der Waals surface area (Å²) in [6, 6.07) is 5.25. The molecule has 0 aliphatic carbocycles. The van der Waals surface area contributed by atoms with Crippen LogP contribution in [0.2, 0.25) is 0 Å². The fraction of sp³-hybridized carbons (Fsp3) is 0.286. The summed E-state index contributed by atoms with van der Waals surface area (Å²) in [5, 5.41) is 2.45. The lowest BCUT2D eigenvalue weighted by molar-refractivity contribution is -0.119. The molecule has 0 aliphatic heterocycles. The summed E-state index contributed by atoms with van der Waals surface area (Å²) in [6.45, 7) is 5.23. The van der Waals surface area contributed by atoms with E-state index in [0.29, 0.717) is 0 Å². The minimum atomic E-state index is -3.82. The molecule has 0 aromatic heterocycles. The van der Waals surface area contributed by atoms with Gasteiger partial charge in [0.25, 0.3) is 0 Å². The van der Waals surface area contributed by atoms with Crippen molar-refractivity contribution in [3.63, 3.8) is 0 Å². The quantitative estimate of drug-likeness (QED) is 0.533. The van der Waals surface area contributed by atoms with Crippen molar-refractivity contribution in [1.82, 2.24) is 10.0 Å². The Bertz CT molecular complexity index is 638. The molecule has 1 aromatic rings. The van der Waals surface area contributed by atoms with Crippen LogP contribution in [-0.2, 0) is 19.6 Å². The monoisotopic (exact) mass is 326 g/mol. The molecule has 7 nitrogen and oxygen atoms in total. The third-order valence-corrected chi connectivity index (χ3v) is 3.96. The molecule has 0 bridgehead atoms. The van der Waals surface area contributed by atoms with E-state index in [0.717, 1.165) is 0 Å². The van der Waals surface area contributed by atoms with Gasteiger partial charge >= 0.3 is 5.97 Å². The van der Waals surface area contributed by atoms with E-state index in [-0.39, 0.29) is 30.2 Å². The second-order valence-corrected chi connectivity index (χ2v) is 5.93. The summed E-state index contributed by atoms with van der Waals surface area (Å²) in [5.74, 6) is -0.991. The number of hydrogen-bond acceptors (Lipinski definition) is 5. The molecule has 0 radical (unpaired) electrons. The van der Waals surface area contributed by atoms with Crippen LogP contribution in [-0.4, -0.2) is 40.0 Å². The molecular weight excluding hydrogens is 308 g/mol. The maximum atomic E-state index is 12.0. The molecule has 0 heterocycles. The van der Waals surface area contributed by atoms with Crippen LogP contribution in [0.5, 0.6) is 0 Å². The fourth-order valence-electron chi connectivity index (χ4n) is 1.48. The van der Waals surface area contributed by atoms with Gasteiger partial charge in [-0.25, -0.2) is 17.9 Å². The lowest BCUT2D eigenvalue weighted by Crippen LogP contribution is -2.36. The molecule has 8 heteroatoms. The number of rotatable bonds is 8. The second kappa shape index (κ2) is 8.30. The number of carbonyl (C=O) groups is 2. The van der Waals surface area contributed by atoms with Gasteiger partial charge in [0.15, 0.2) is 0 Å². The minimum Gasteiger partial charge on any atom is -0.462 e. The van der Waals surface area contributed by atoms with Crippen LogP contribution in [0.15, 0.2) is 41.8 Å². The first-order valence-electron chi connectivity index (χ1n) is 6.55. The predicted molar refractivity (Wildman–Crippen MR) is 80.8 cm³/mol. The minimum absolute atomic E-state index is 0.0444. The Morgan fingerprint density at radius 2 is 1.91 bits per heavy atom. The molecule has 2 N–H and O–H groups in total. The highest BCUT2D eigenvalue weighted by Crippen LogP contribution is 2.11. The van der Waals surface area contributed by atoms with Crippen LogP contribution in [0.3, 0.4) is 0 Å². The fourth-order valence-corrected chi connectivity index (χ4v) is 2.46. The largest absolute Gasteiger partial charge is 0.462 e. The first kappa shape index (κ1) is 17.9. The van der Waals surface area contributed by atoms with Crippen molar-refractivity contribution >= 4 is 21.9 Å². The lowest BCUT2D eigenvalue weighted by Gasteiger charge is -2.07. The van der Waals surface area contributed by atoms with Crippen molar-refractivity contribution in [2.75, 3.05) is 19.7 Å². The molecule has 0 fully saturated rings. The molecular formula is C14H18N2O5S. The van der Waals surface area contributed by atoms with Crippen molar-refractivity contribution in [2.24, 2.45) is 0 Å². The van der Waals surface area contributed by atoms with Gasteiger partial charge in [0.1, 0.15) is 0 Å². The third-order valence-electron chi connectivity index (χ3n) is 2.54. The molecule has 0 unspecified atom stereocenters. The Hall–Kier alpha value is -2.19. The molecule has 1 aromatic carbocycles. The molecule has 0 aliphatic rings. The van der Waals surface area contributed by atoms with Crippen LogP contribution in [0.25, 0.3) is 0 Å². The number of amides is 1. The first-order valence-corrected chi connectivity index (χ1v) is 8.03. The van der Waals surface area contributed by atoms with Crippen LogP contribution >= 0.6 is 0 Å². The average Bonchev–Trinajstić information content (AvgIpc) is 2.51. The maximum absolute atomic E-state index is 12.0. The van der Waals surface area contributed by atoms with Gasteiger partial charge in [-0.15, -0.1) is 6.58 Å². The Morgan fingerprint density at radius 1 is 1.27 bits per heavy atom. The third kappa shape index (κ3) is 5.30. The molecule has 120 valence electrons. The van der Waals surface area contributed by atoms with Gasteiger partial charge < -0.3 is 10.1 Å². The van der Waals surface area contributed by atoms with Crippen LogP contribution in [0.4, 0.5) is 0 Å². The molecule has 1 amide bonds. The predicted octanol–water partition coefficient (Wildman–Crippen LogP) is 0.444. The maximum Gasteiger partial charge on any atom is 0.338 e. The average molecular weight is 326 g/mol. The summed E-state index contributed by atoms with van der Waals surface area (Å²) in [7, 11) is -3.82. The number of esters is 1. The van der Waals surface area contributed by atoms with Crippen molar-refractivity contribution in [3.05, 3.63) is 42.5 Å². The zero-order valence-electron chi connectivity index (χ0n) is 12.2. The van der Waals surface area contributed by atoms with Crippen molar-refractivity contribution in [2.45, 2.75) is 11.8 Å². The molecule has 0 spiro atoms. The van der Waals surface area contributed by atoms with Crippen LogP contribution < -0.4 is 10.0 Å². The number of nitrogens with one attached hydrogen (secondary N) is 2. The Morgan fingerprint density at radius 3 is 2.45 bits per heavy atom. The summed E-state index contributed by atoms with van der Waals surface area (Å²) >= 11 is 0. The summed E-state index contributed by atoms with van der Waals surface area (Å²) in [6.07, 6.45) is 1.49. The highest BCUT2D eigenvalue weighted by molar-refractivity contribution is 7.89. The van der Waals surface area contributed by atoms with E-state index in [1.165, 1.54) is 30.3 Å². The summed E-state index contributed by atoms with van der Waals surface area (Å²) < 4.78 is 31.0.